The molecule has 1 aromatic carbocycles. The van der Waals surface area contributed by atoms with Crippen molar-refractivity contribution in [1.82, 2.24) is 9.47 Å². The Morgan fingerprint density at radius 1 is 1.19 bits per heavy atom. The molecule has 144 valence electrons. The van der Waals surface area contributed by atoms with E-state index in [-0.39, 0.29) is 6.03 Å². The van der Waals surface area contributed by atoms with Crippen LogP contribution in [0, 0.1) is 0 Å². The third kappa shape index (κ3) is 4.75. The van der Waals surface area contributed by atoms with Crippen LogP contribution in [0.4, 0.5) is 4.79 Å². The number of benzene rings is 1. The van der Waals surface area contributed by atoms with Crippen LogP contribution in [0.25, 0.3) is 17.0 Å². The second-order valence-corrected chi connectivity index (χ2v) is 6.20. The van der Waals surface area contributed by atoms with E-state index in [4.69, 9.17) is 9.47 Å². The molecule has 1 amide bonds. The Balaban J connectivity index is 2.45. The number of nitrogens with zero attached hydrogens (tertiary/aromatic N) is 2. The first-order valence-corrected chi connectivity index (χ1v) is 8.69. The second-order valence-electron chi connectivity index (χ2n) is 6.20. The first kappa shape index (κ1) is 20.2. The van der Waals surface area contributed by atoms with E-state index in [0.717, 1.165) is 18.2 Å². The number of carbonyl (C=O) groups excluding carboxylic acids is 3. The Morgan fingerprint density at radius 3 is 2.56 bits per heavy atom. The Morgan fingerprint density at radius 2 is 1.93 bits per heavy atom. The van der Waals surface area contributed by atoms with Crippen molar-refractivity contribution in [3.63, 3.8) is 0 Å². The molecule has 7 heteroatoms. The monoisotopic (exact) mass is 372 g/mol. The van der Waals surface area contributed by atoms with Gasteiger partial charge in [-0.25, -0.2) is 14.4 Å². The number of rotatable bonds is 6. The topological polar surface area (TPSA) is 77.8 Å². The quantitative estimate of drug-likeness (QED) is 0.442. The smallest absolute Gasteiger partial charge is 0.337 e. The van der Waals surface area contributed by atoms with E-state index >= 15 is 0 Å². The number of hydrogen-bond acceptors (Lipinski definition) is 5. The average Bonchev–Trinajstić information content (AvgIpc) is 3.02. The number of amides is 1. The number of esters is 2. The van der Waals surface area contributed by atoms with Crippen LogP contribution < -0.4 is 0 Å². The number of aromatic nitrogens is 1. The van der Waals surface area contributed by atoms with Crippen LogP contribution in [0.15, 0.2) is 30.3 Å². The lowest BCUT2D eigenvalue weighted by molar-refractivity contribution is -0.137. The molecule has 7 nitrogen and oxygen atoms in total. The summed E-state index contributed by atoms with van der Waals surface area (Å²) in [6, 6.07) is 6.43. The van der Waals surface area contributed by atoms with Crippen LogP contribution >= 0.6 is 0 Å². The lowest BCUT2D eigenvalue weighted by Crippen LogP contribution is -2.27. The van der Waals surface area contributed by atoms with Gasteiger partial charge in [0.25, 0.3) is 0 Å². The van der Waals surface area contributed by atoms with Crippen LogP contribution in [0.2, 0.25) is 0 Å². The van der Waals surface area contributed by atoms with E-state index in [0.29, 0.717) is 23.4 Å². The van der Waals surface area contributed by atoms with E-state index in [9.17, 15) is 14.4 Å². The lowest BCUT2D eigenvalue weighted by Gasteiger charge is -2.14. The summed E-state index contributed by atoms with van der Waals surface area (Å²) >= 11 is 0. The minimum Gasteiger partial charge on any atom is -0.465 e. The van der Waals surface area contributed by atoms with Crippen LogP contribution in [-0.2, 0) is 14.3 Å². The maximum Gasteiger partial charge on any atom is 0.337 e. The molecule has 1 aromatic heterocycles. The van der Waals surface area contributed by atoms with Crippen molar-refractivity contribution >= 4 is 34.9 Å². The van der Waals surface area contributed by atoms with E-state index in [1.165, 1.54) is 28.7 Å². The highest BCUT2D eigenvalue weighted by Crippen LogP contribution is 2.23. The maximum atomic E-state index is 12.7. The summed E-state index contributed by atoms with van der Waals surface area (Å²) in [5.41, 5.74) is 1.40. The van der Waals surface area contributed by atoms with Crippen molar-refractivity contribution < 1.29 is 23.9 Å². The minimum atomic E-state index is -0.487. The highest BCUT2D eigenvalue weighted by atomic mass is 16.5. The zero-order chi connectivity index (χ0) is 20.0. The van der Waals surface area contributed by atoms with Gasteiger partial charge in [0, 0.05) is 25.6 Å². The van der Waals surface area contributed by atoms with Crippen molar-refractivity contribution in [2.75, 3.05) is 27.8 Å². The van der Waals surface area contributed by atoms with E-state index in [1.807, 2.05) is 6.92 Å². The molecule has 0 fully saturated rings. The second kappa shape index (κ2) is 9.02. The molecule has 0 bridgehead atoms. The van der Waals surface area contributed by atoms with E-state index in [1.54, 1.807) is 38.4 Å². The molecule has 2 aromatic rings. The predicted octanol–water partition coefficient (Wildman–Crippen LogP) is 3.31. The summed E-state index contributed by atoms with van der Waals surface area (Å²) in [4.78, 5) is 37.7. The molecular formula is C20H24N2O5. The SMILES string of the molecule is CCCCOC(=O)/C=C/c1cc2ccc(C(=O)OC)cc2n1C(=O)N(C)C. The van der Waals surface area contributed by atoms with E-state index < -0.39 is 11.9 Å². The molecule has 0 radical (unpaired) electrons. The Hall–Kier alpha value is -3.09. The number of hydrogen-bond donors (Lipinski definition) is 0. The first-order valence-electron chi connectivity index (χ1n) is 8.69. The van der Waals surface area contributed by atoms with E-state index in [2.05, 4.69) is 0 Å². The number of carbonyl (C=O) groups is 3. The molecule has 0 aliphatic rings. The predicted molar refractivity (Wildman–Crippen MR) is 103 cm³/mol. The van der Waals surface area contributed by atoms with Crippen LogP contribution in [-0.4, -0.2) is 55.2 Å². The van der Waals surface area contributed by atoms with Gasteiger partial charge in [0.15, 0.2) is 0 Å². The van der Waals surface area contributed by atoms with Gasteiger partial charge in [0.05, 0.1) is 30.5 Å². The standard InChI is InChI=1S/C20H24N2O5/c1-5-6-11-27-18(23)10-9-16-12-14-7-8-15(19(24)26-4)13-17(14)22(16)20(25)21(2)3/h7-10,12-13H,5-6,11H2,1-4H3/b10-9+. The van der Waals surface area contributed by atoms with Crippen molar-refractivity contribution in [1.29, 1.82) is 0 Å². The highest BCUT2D eigenvalue weighted by Gasteiger charge is 2.17. The molecule has 27 heavy (non-hydrogen) atoms. The average molecular weight is 372 g/mol. The molecule has 0 saturated heterocycles. The van der Waals surface area contributed by atoms with Gasteiger partial charge in [-0.05, 0) is 30.7 Å². The zero-order valence-corrected chi connectivity index (χ0v) is 16.0. The molecule has 2 rings (SSSR count). The maximum absolute atomic E-state index is 12.7. The van der Waals surface area contributed by atoms with Crippen LogP contribution in [0.3, 0.4) is 0 Å². The van der Waals surface area contributed by atoms with Gasteiger partial charge in [-0.1, -0.05) is 19.4 Å². The fraction of sp³-hybridized carbons (Fsp3) is 0.350. The number of unbranched alkanes of at least 4 members (excludes halogenated alkanes) is 1. The molecule has 0 saturated carbocycles. The van der Waals surface area contributed by atoms with Crippen molar-refractivity contribution in [3.8, 4) is 0 Å². The van der Waals surface area contributed by atoms with Crippen molar-refractivity contribution in [3.05, 3.63) is 41.6 Å². The Kier molecular flexibility index (Phi) is 6.76. The van der Waals surface area contributed by atoms with Crippen molar-refractivity contribution in [2.45, 2.75) is 19.8 Å². The van der Waals surface area contributed by atoms with Gasteiger partial charge in [0.1, 0.15) is 0 Å². The molecule has 0 aliphatic carbocycles. The summed E-state index contributed by atoms with van der Waals surface area (Å²) in [6.45, 7) is 2.37. The molecule has 0 atom stereocenters. The molecule has 1 heterocycles. The van der Waals surface area contributed by atoms with Gasteiger partial charge >= 0.3 is 18.0 Å². The number of methoxy groups -OCH3 is 1. The molecule has 0 aliphatic heterocycles. The molecule has 0 spiro atoms. The fourth-order valence-corrected chi connectivity index (χ4v) is 2.52. The lowest BCUT2D eigenvalue weighted by atomic mass is 10.1. The highest BCUT2D eigenvalue weighted by molar-refractivity contribution is 6.00. The first-order chi connectivity index (χ1) is 12.9. The van der Waals surface area contributed by atoms with Crippen LogP contribution in [0.1, 0.15) is 35.8 Å². The summed E-state index contributed by atoms with van der Waals surface area (Å²) in [7, 11) is 4.56. The van der Waals surface area contributed by atoms with Gasteiger partial charge in [-0.2, -0.15) is 0 Å². The summed E-state index contributed by atoms with van der Waals surface area (Å²) in [6.07, 6.45) is 4.57. The minimum absolute atomic E-state index is 0.300. The molecular weight excluding hydrogens is 348 g/mol. The third-order valence-electron chi connectivity index (χ3n) is 3.96. The number of fused-ring (bicyclic) bond motifs is 1. The van der Waals surface area contributed by atoms with Gasteiger partial charge in [0.2, 0.25) is 0 Å². The summed E-state index contributed by atoms with van der Waals surface area (Å²) < 4.78 is 11.3. The Bertz CT molecular complexity index is 880. The molecule has 0 N–H and O–H groups in total. The van der Waals surface area contributed by atoms with Crippen molar-refractivity contribution in [2.24, 2.45) is 0 Å². The van der Waals surface area contributed by atoms with Crippen LogP contribution in [0.5, 0.6) is 0 Å². The molecule has 0 unspecified atom stereocenters. The van der Waals surface area contributed by atoms with Gasteiger partial charge < -0.3 is 14.4 Å². The zero-order valence-electron chi connectivity index (χ0n) is 16.0. The summed E-state index contributed by atoms with van der Waals surface area (Å²) in [5.74, 6) is -0.952. The number of ether oxygens (including phenoxy) is 2. The van der Waals surface area contributed by atoms with Gasteiger partial charge in [-0.3, -0.25) is 4.57 Å². The third-order valence-corrected chi connectivity index (χ3v) is 3.96. The normalized spacial score (nSPS) is 11.0. The van der Waals surface area contributed by atoms with Gasteiger partial charge in [-0.15, -0.1) is 0 Å². The summed E-state index contributed by atoms with van der Waals surface area (Å²) in [5, 5.41) is 0.761. The largest absolute Gasteiger partial charge is 0.465 e. The fourth-order valence-electron chi connectivity index (χ4n) is 2.52. The Labute approximate surface area is 158 Å².